The van der Waals surface area contributed by atoms with E-state index in [1.165, 1.54) is 11.1 Å². The number of rotatable bonds is 4. The van der Waals surface area contributed by atoms with Crippen LogP contribution in [0.1, 0.15) is 18.1 Å². The fourth-order valence-electron chi connectivity index (χ4n) is 1.04. The van der Waals surface area contributed by atoms with Crippen molar-refractivity contribution in [2.45, 2.75) is 13.5 Å². The summed E-state index contributed by atoms with van der Waals surface area (Å²) in [5.41, 5.74) is 7.85. The van der Waals surface area contributed by atoms with Crippen molar-refractivity contribution in [1.29, 1.82) is 0 Å². The largest absolute Gasteiger partial charge is 0.391 e. The van der Waals surface area contributed by atoms with Crippen molar-refractivity contribution >= 4 is 6.08 Å². The highest BCUT2D eigenvalue weighted by molar-refractivity contribution is 5.49. The Morgan fingerprint density at radius 1 is 1.31 bits per heavy atom. The summed E-state index contributed by atoms with van der Waals surface area (Å²) in [6, 6.07) is 8.23. The molecular formula is C11H16N2. The summed E-state index contributed by atoms with van der Waals surface area (Å²) in [4.78, 5) is 0. The molecule has 1 rings (SSSR count). The molecule has 0 spiro atoms. The molecule has 3 N–H and O–H groups in total. The van der Waals surface area contributed by atoms with Gasteiger partial charge in [0.1, 0.15) is 0 Å². The molecule has 0 heterocycles. The van der Waals surface area contributed by atoms with Gasteiger partial charge in [-0.2, -0.15) is 0 Å². The lowest BCUT2D eigenvalue weighted by molar-refractivity contribution is 0.924. The van der Waals surface area contributed by atoms with Crippen LogP contribution in [0.3, 0.4) is 0 Å². The van der Waals surface area contributed by atoms with Gasteiger partial charge in [0.25, 0.3) is 0 Å². The van der Waals surface area contributed by atoms with Gasteiger partial charge < -0.3 is 11.1 Å². The van der Waals surface area contributed by atoms with Gasteiger partial charge in [0.15, 0.2) is 0 Å². The Morgan fingerprint density at radius 3 is 2.54 bits per heavy atom. The normalized spacial score (nSPS) is 10.6. The van der Waals surface area contributed by atoms with E-state index >= 15 is 0 Å². The molecule has 0 fully saturated rings. The molecule has 2 heteroatoms. The van der Waals surface area contributed by atoms with Crippen LogP contribution in [0.4, 0.5) is 0 Å². The minimum atomic E-state index is 0.608. The molecule has 70 valence electrons. The van der Waals surface area contributed by atoms with Gasteiger partial charge in [-0.05, 0) is 30.3 Å². The smallest absolute Gasteiger partial charge is 0.0178 e. The maximum atomic E-state index is 5.49. The molecule has 0 atom stereocenters. The van der Waals surface area contributed by atoms with Crippen LogP contribution in [-0.2, 0) is 6.54 Å². The first-order chi connectivity index (χ1) is 6.36. The third kappa shape index (κ3) is 3.30. The zero-order valence-electron chi connectivity index (χ0n) is 7.96. The van der Waals surface area contributed by atoms with Gasteiger partial charge in [-0.15, -0.1) is 0 Å². The molecule has 0 aliphatic rings. The number of nitrogens with one attached hydrogen (secondary N) is 1. The van der Waals surface area contributed by atoms with Gasteiger partial charge in [-0.3, -0.25) is 0 Å². The highest BCUT2D eigenvalue weighted by Crippen LogP contribution is 2.04. The molecule has 0 unspecified atom stereocenters. The molecular weight excluding hydrogens is 160 g/mol. The minimum absolute atomic E-state index is 0.608. The number of benzene rings is 1. The summed E-state index contributed by atoms with van der Waals surface area (Å²) >= 11 is 0. The van der Waals surface area contributed by atoms with Crippen LogP contribution >= 0.6 is 0 Å². The minimum Gasteiger partial charge on any atom is -0.391 e. The van der Waals surface area contributed by atoms with Crippen LogP contribution < -0.4 is 11.1 Å². The van der Waals surface area contributed by atoms with E-state index in [0.717, 1.165) is 6.54 Å². The molecule has 2 nitrogen and oxygen atoms in total. The second-order valence-corrected chi connectivity index (χ2v) is 2.84. The summed E-state index contributed by atoms with van der Waals surface area (Å²) in [5, 5.41) is 3.12. The first-order valence-electron chi connectivity index (χ1n) is 4.55. The van der Waals surface area contributed by atoms with Crippen LogP contribution in [0.2, 0.25) is 0 Å². The Bertz CT molecular complexity index is 262. The summed E-state index contributed by atoms with van der Waals surface area (Å²) in [6.07, 6.45) is 4.00. The maximum Gasteiger partial charge on any atom is 0.0178 e. The predicted molar refractivity (Wildman–Crippen MR) is 57.0 cm³/mol. The van der Waals surface area contributed by atoms with E-state index in [4.69, 9.17) is 5.73 Å². The van der Waals surface area contributed by atoms with Crippen molar-refractivity contribution in [3.63, 3.8) is 0 Å². The van der Waals surface area contributed by atoms with E-state index in [1.54, 1.807) is 0 Å². The Hall–Kier alpha value is -1.28. The van der Waals surface area contributed by atoms with Crippen LogP contribution in [0.25, 0.3) is 6.08 Å². The Balaban J connectivity index is 2.58. The van der Waals surface area contributed by atoms with Crippen LogP contribution in [-0.4, -0.2) is 6.54 Å². The molecule has 0 aromatic heterocycles. The summed E-state index contributed by atoms with van der Waals surface area (Å²) in [6.45, 7) is 3.64. The Kier molecular flexibility index (Phi) is 4.06. The van der Waals surface area contributed by atoms with Crippen molar-refractivity contribution in [2.75, 3.05) is 6.54 Å². The van der Waals surface area contributed by atoms with Crippen molar-refractivity contribution in [1.82, 2.24) is 5.32 Å². The van der Waals surface area contributed by atoms with Gasteiger partial charge >= 0.3 is 0 Å². The highest BCUT2D eigenvalue weighted by Gasteiger charge is 1.88. The second-order valence-electron chi connectivity index (χ2n) is 2.84. The average Bonchev–Trinajstić information content (AvgIpc) is 2.19. The molecule has 1 aromatic carbocycles. The molecule has 0 aliphatic carbocycles. The SMILES string of the molecule is CCN/C=C/c1ccc(CN)cc1. The van der Waals surface area contributed by atoms with Gasteiger partial charge in [-0.1, -0.05) is 24.3 Å². The molecule has 0 aliphatic heterocycles. The predicted octanol–water partition coefficient (Wildman–Crippen LogP) is 1.73. The van der Waals surface area contributed by atoms with Gasteiger partial charge in [-0.25, -0.2) is 0 Å². The van der Waals surface area contributed by atoms with Crippen molar-refractivity contribution < 1.29 is 0 Å². The molecule has 0 bridgehead atoms. The molecule has 0 radical (unpaired) electrons. The monoisotopic (exact) mass is 176 g/mol. The molecule has 0 saturated carbocycles. The molecule has 1 aromatic rings. The maximum absolute atomic E-state index is 5.49. The number of hydrogen-bond donors (Lipinski definition) is 2. The second kappa shape index (κ2) is 5.38. The lowest BCUT2D eigenvalue weighted by atomic mass is 10.1. The number of hydrogen-bond acceptors (Lipinski definition) is 2. The van der Waals surface area contributed by atoms with Gasteiger partial charge in [0.05, 0.1) is 0 Å². The fourth-order valence-corrected chi connectivity index (χ4v) is 1.04. The van der Waals surface area contributed by atoms with Gasteiger partial charge in [0, 0.05) is 13.1 Å². The quantitative estimate of drug-likeness (QED) is 0.733. The van der Waals surface area contributed by atoms with Crippen LogP contribution in [0.5, 0.6) is 0 Å². The summed E-state index contributed by atoms with van der Waals surface area (Å²) < 4.78 is 0. The molecule has 0 saturated heterocycles. The van der Waals surface area contributed by atoms with Gasteiger partial charge in [0.2, 0.25) is 0 Å². The third-order valence-corrected chi connectivity index (χ3v) is 1.81. The lowest BCUT2D eigenvalue weighted by Gasteiger charge is -1.97. The Morgan fingerprint density at radius 2 is 2.00 bits per heavy atom. The zero-order chi connectivity index (χ0) is 9.52. The van der Waals surface area contributed by atoms with E-state index in [-0.39, 0.29) is 0 Å². The zero-order valence-corrected chi connectivity index (χ0v) is 7.96. The summed E-state index contributed by atoms with van der Waals surface area (Å²) in [5.74, 6) is 0. The first kappa shape index (κ1) is 9.81. The third-order valence-electron chi connectivity index (χ3n) is 1.81. The van der Waals surface area contributed by atoms with E-state index in [0.29, 0.717) is 6.54 Å². The summed E-state index contributed by atoms with van der Waals surface area (Å²) in [7, 11) is 0. The lowest BCUT2D eigenvalue weighted by Crippen LogP contribution is -2.01. The highest BCUT2D eigenvalue weighted by atomic mass is 14.8. The van der Waals surface area contributed by atoms with E-state index in [2.05, 4.69) is 24.4 Å². The fraction of sp³-hybridized carbons (Fsp3) is 0.273. The Labute approximate surface area is 79.5 Å². The van der Waals surface area contributed by atoms with Crippen molar-refractivity contribution in [2.24, 2.45) is 5.73 Å². The van der Waals surface area contributed by atoms with E-state index < -0.39 is 0 Å². The molecule has 0 amide bonds. The van der Waals surface area contributed by atoms with Crippen molar-refractivity contribution in [3.05, 3.63) is 41.6 Å². The standard InChI is InChI=1S/C11H16N2/c1-2-13-8-7-10-3-5-11(9-12)6-4-10/h3-8,13H,2,9,12H2,1H3/b8-7+. The average molecular weight is 176 g/mol. The number of nitrogens with two attached hydrogens (primary N) is 1. The molecule has 13 heavy (non-hydrogen) atoms. The first-order valence-corrected chi connectivity index (χ1v) is 4.55. The van der Waals surface area contributed by atoms with Crippen molar-refractivity contribution in [3.8, 4) is 0 Å². The van der Waals surface area contributed by atoms with E-state index in [9.17, 15) is 0 Å². The van der Waals surface area contributed by atoms with E-state index in [1.807, 2.05) is 24.4 Å². The van der Waals surface area contributed by atoms with Crippen LogP contribution in [0.15, 0.2) is 30.5 Å². The van der Waals surface area contributed by atoms with Crippen LogP contribution in [0, 0.1) is 0 Å². The topological polar surface area (TPSA) is 38.0 Å².